The minimum Gasteiger partial charge on any atom is -0.467 e. The molecule has 0 aromatic heterocycles. The number of allylic oxidation sites excluding steroid dienone is 7. The molecular formula is C19H30O2. The molecule has 0 aromatic carbocycles. The Bertz CT molecular complexity index is 500. The molecule has 0 N–H and O–H groups in total. The third kappa shape index (κ3) is 4.89. The van der Waals surface area contributed by atoms with Gasteiger partial charge in [0.1, 0.15) is 11.9 Å². The van der Waals surface area contributed by atoms with E-state index in [2.05, 4.69) is 53.7 Å². The van der Waals surface area contributed by atoms with Crippen molar-refractivity contribution in [2.24, 2.45) is 0 Å². The zero-order valence-corrected chi connectivity index (χ0v) is 14.8. The van der Waals surface area contributed by atoms with Crippen LogP contribution in [0.5, 0.6) is 0 Å². The zero-order chi connectivity index (χ0) is 16.2. The Morgan fingerprint density at radius 3 is 2.14 bits per heavy atom. The lowest BCUT2D eigenvalue weighted by molar-refractivity contribution is -0.0336. The van der Waals surface area contributed by atoms with Crippen molar-refractivity contribution in [2.75, 3.05) is 0 Å². The van der Waals surface area contributed by atoms with E-state index in [1.165, 1.54) is 27.9 Å². The lowest BCUT2D eigenvalue weighted by Crippen LogP contribution is -2.03. The molecule has 2 heteroatoms. The van der Waals surface area contributed by atoms with E-state index in [4.69, 9.17) is 9.47 Å². The second kappa shape index (κ2) is 7.65. The molecular weight excluding hydrogens is 260 g/mol. The maximum absolute atomic E-state index is 5.69. The number of hydrogen-bond acceptors (Lipinski definition) is 2. The van der Waals surface area contributed by atoms with Crippen LogP contribution < -0.4 is 0 Å². The fourth-order valence-corrected chi connectivity index (χ4v) is 2.42. The summed E-state index contributed by atoms with van der Waals surface area (Å²) in [4.78, 5) is 0. The highest BCUT2D eigenvalue weighted by molar-refractivity contribution is 5.42. The van der Waals surface area contributed by atoms with E-state index in [-0.39, 0.29) is 12.4 Å². The first-order chi connectivity index (χ1) is 9.76. The van der Waals surface area contributed by atoms with Crippen molar-refractivity contribution < 1.29 is 9.47 Å². The smallest absolute Gasteiger partial charge is 0.197 e. The summed E-state index contributed by atoms with van der Waals surface area (Å²) in [5.74, 6) is 0.921. The van der Waals surface area contributed by atoms with Gasteiger partial charge < -0.3 is 9.47 Å². The molecule has 118 valence electrons. The van der Waals surface area contributed by atoms with Gasteiger partial charge in [0, 0.05) is 0 Å². The molecule has 1 fully saturated rings. The van der Waals surface area contributed by atoms with Gasteiger partial charge >= 0.3 is 0 Å². The minimum atomic E-state index is -0.145. The second-order valence-corrected chi connectivity index (χ2v) is 6.02. The van der Waals surface area contributed by atoms with Crippen molar-refractivity contribution in [3.63, 3.8) is 0 Å². The van der Waals surface area contributed by atoms with E-state index in [0.29, 0.717) is 0 Å². The van der Waals surface area contributed by atoms with Gasteiger partial charge in [-0.2, -0.15) is 0 Å². The molecule has 0 radical (unpaired) electrons. The Morgan fingerprint density at radius 2 is 1.71 bits per heavy atom. The van der Waals surface area contributed by atoms with Crippen molar-refractivity contribution in [2.45, 2.75) is 74.2 Å². The quantitative estimate of drug-likeness (QED) is 0.620. The van der Waals surface area contributed by atoms with Crippen LogP contribution in [-0.4, -0.2) is 12.4 Å². The molecule has 21 heavy (non-hydrogen) atoms. The van der Waals surface area contributed by atoms with Gasteiger partial charge in [-0.3, -0.25) is 0 Å². The van der Waals surface area contributed by atoms with Crippen LogP contribution in [0.3, 0.4) is 0 Å². The van der Waals surface area contributed by atoms with E-state index >= 15 is 0 Å². The third-order valence-electron chi connectivity index (χ3n) is 4.05. The summed E-state index contributed by atoms with van der Waals surface area (Å²) in [5, 5.41) is 0. The fourth-order valence-electron chi connectivity index (χ4n) is 2.42. The Kier molecular flexibility index (Phi) is 6.47. The van der Waals surface area contributed by atoms with Gasteiger partial charge in [0.05, 0.1) is 0 Å². The summed E-state index contributed by atoms with van der Waals surface area (Å²) in [6.45, 7) is 17.0. The van der Waals surface area contributed by atoms with Crippen molar-refractivity contribution in [3.05, 3.63) is 45.8 Å². The monoisotopic (exact) mass is 290 g/mol. The fraction of sp³-hybridized carbons (Fsp3) is 0.579. The summed E-state index contributed by atoms with van der Waals surface area (Å²) in [6, 6.07) is 0. The standard InChI is InChI=1S/C19H30O2/c1-9-18(12(2)3)10-13(4)15(6)14(5)11-19-16(7)20-17(8)21-19/h10-11,16-17H,9H2,1-8H3. The zero-order valence-electron chi connectivity index (χ0n) is 14.8. The van der Waals surface area contributed by atoms with Crippen LogP contribution in [0.15, 0.2) is 45.8 Å². The first kappa shape index (κ1) is 17.8. The van der Waals surface area contributed by atoms with Crippen molar-refractivity contribution in [1.82, 2.24) is 0 Å². The molecule has 1 rings (SSSR count). The number of rotatable bonds is 4. The summed E-state index contributed by atoms with van der Waals surface area (Å²) in [7, 11) is 0. The predicted octanol–water partition coefficient (Wildman–Crippen LogP) is 5.68. The van der Waals surface area contributed by atoms with Gasteiger partial charge in [-0.25, -0.2) is 0 Å². The van der Waals surface area contributed by atoms with Gasteiger partial charge in [0.15, 0.2) is 6.29 Å². The minimum absolute atomic E-state index is 0.0380. The van der Waals surface area contributed by atoms with Crippen molar-refractivity contribution in [1.29, 1.82) is 0 Å². The molecule has 2 atom stereocenters. The number of hydrogen-bond donors (Lipinski definition) is 0. The van der Waals surface area contributed by atoms with Gasteiger partial charge in [-0.15, -0.1) is 0 Å². The number of ether oxygens (including phenoxy) is 2. The summed E-state index contributed by atoms with van der Waals surface area (Å²) >= 11 is 0. The molecule has 0 bridgehead atoms. The van der Waals surface area contributed by atoms with Crippen LogP contribution in [-0.2, 0) is 9.47 Å². The van der Waals surface area contributed by atoms with Crippen LogP contribution in [0.2, 0.25) is 0 Å². The average Bonchev–Trinajstić information content (AvgIpc) is 2.72. The summed E-state index contributed by atoms with van der Waals surface area (Å²) in [6.07, 6.45) is 5.36. The molecule has 2 nitrogen and oxygen atoms in total. The lowest BCUT2D eigenvalue weighted by atomic mass is 9.98. The Balaban J connectivity index is 3.04. The maximum atomic E-state index is 5.69. The van der Waals surface area contributed by atoms with Crippen LogP contribution in [0.1, 0.15) is 61.8 Å². The van der Waals surface area contributed by atoms with Crippen LogP contribution in [0.25, 0.3) is 0 Å². The van der Waals surface area contributed by atoms with Crippen molar-refractivity contribution >= 4 is 0 Å². The van der Waals surface area contributed by atoms with Crippen LogP contribution in [0.4, 0.5) is 0 Å². The molecule has 1 aliphatic heterocycles. The molecule has 0 spiro atoms. The lowest BCUT2D eigenvalue weighted by Gasteiger charge is -2.09. The largest absolute Gasteiger partial charge is 0.467 e. The highest BCUT2D eigenvalue weighted by atomic mass is 16.7. The van der Waals surface area contributed by atoms with Crippen molar-refractivity contribution in [3.8, 4) is 0 Å². The van der Waals surface area contributed by atoms with E-state index < -0.39 is 0 Å². The van der Waals surface area contributed by atoms with Gasteiger partial charge in [0.2, 0.25) is 0 Å². The molecule has 1 saturated heterocycles. The molecule has 0 saturated carbocycles. The molecule has 1 aliphatic rings. The summed E-state index contributed by atoms with van der Waals surface area (Å²) < 4.78 is 11.3. The van der Waals surface area contributed by atoms with Gasteiger partial charge in [0.25, 0.3) is 0 Å². The molecule has 0 aromatic rings. The van der Waals surface area contributed by atoms with Gasteiger partial charge in [-0.1, -0.05) is 18.6 Å². The highest BCUT2D eigenvalue weighted by Crippen LogP contribution is 2.26. The van der Waals surface area contributed by atoms with Crippen LogP contribution in [0, 0.1) is 0 Å². The maximum Gasteiger partial charge on any atom is 0.197 e. The topological polar surface area (TPSA) is 18.5 Å². The normalized spacial score (nSPS) is 25.7. The Hall–Kier alpha value is -1.28. The van der Waals surface area contributed by atoms with E-state index in [9.17, 15) is 0 Å². The Labute approximate surface area is 130 Å². The first-order valence-corrected chi connectivity index (χ1v) is 7.82. The third-order valence-corrected chi connectivity index (χ3v) is 4.05. The Morgan fingerprint density at radius 1 is 1.10 bits per heavy atom. The van der Waals surface area contributed by atoms with E-state index in [0.717, 1.165) is 12.2 Å². The average molecular weight is 290 g/mol. The predicted molar refractivity (Wildman–Crippen MR) is 90.0 cm³/mol. The van der Waals surface area contributed by atoms with E-state index in [1.54, 1.807) is 0 Å². The second-order valence-electron chi connectivity index (χ2n) is 6.02. The summed E-state index contributed by atoms with van der Waals surface area (Å²) in [5.41, 5.74) is 6.63. The van der Waals surface area contributed by atoms with E-state index in [1.807, 2.05) is 13.8 Å². The molecule has 0 amide bonds. The highest BCUT2D eigenvalue weighted by Gasteiger charge is 2.24. The SMILES string of the molecule is CCC(C=C(C)C(C)=C(C)C=C1OC(C)OC1C)=C(C)C. The molecule has 1 heterocycles. The first-order valence-electron chi connectivity index (χ1n) is 7.82. The van der Waals surface area contributed by atoms with Crippen LogP contribution >= 0.6 is 0 Å². The molecule has 0 aliphatic carbocycles. The molecule has 2 unspecified atom stereocenters. The van der Waals surface area contributed by atoms with Gasteiger partial charge in [-0.05, 0) is 83.3 Å².